The van der Waals surface area contributed by atoms with Gasteiger partial charge in [-0.25, -0.2) is 9.59 Å². The molecule has 23 heavy (non-hydrogen) atoms. The lowest BCUT2D eigenvalue weighted by molar-refractivity contribution is -0.143. The molecule has 0 radical (unpaired) electrons. The van der Waals surface area contributed by atoms with Gasteiger partial charge in [0.1, 0.15) is 24.9 Å². The van der Waals surface area contributed by atoms with Gasteiger partial charge in [-0.15, -0.1) is 11.3 Å². The molecule has 0 bridgehead atoms. The van der Waals surface area contributed by atoms with Crippen LogP contribution in [0.3, 0.4) is 0 Å². The molecule has 0 saturated heterocycles. The van der Waals surface area contributed by atoms with Gasteiger partial charge < -0.3 is 24.3 Å². The Morgan fingerprint density at radius 2 is 2.04 bits per heavy atom. The Morgan fingerprint density at radius 3 is 2.70 bits per heavy atom. The minimum Gasteiger partial charge on any atom is -0.485 e. The third-order valence-electron chi connectivity index (χ3n) is 2.94. The van der Waals surface area contributed by atoms with Crippen LogP contribution in [0, 0.1) is 0 Å². The van der Waals surface area contributed by atoms with E-state index in [0.717, 1.165) is 4.88 Å². The van der Waals surface area contributed by atoms with Crippen molar-refractivity contribution in [3.05, 3.63) is 10.3 Å². The van der Waals surface area contributed by atoms with Crippen molar-refractivity contribution in [1.29, 1.82) is 0 Å². The van der Waals surface area contributed by atoms with E-state index in [1.165, 1.54) is 18.4 Å². The number of hydrogen-bond donors (Lipinski definition) is 1. The molecular weight excluding hydrogens is 322 g/mol. The number of carbonyl (C=O) groups excluding carboxylic acids is 2. The summed E-state index contributed by atoms with van der Waals surface area (Å²) in [4.78, 5) is 24.7. The van der Waals surface area contributed by atoms with Gasteiger partial charge in [0.15, 0.2) is 11.5 Å². The van der Waals surface area contributed by atoms with Crippen molar-refractivity contribution in [3.63, 3.8) is 0 Å². The van der Waals surface area contributed by atoms with Crippen LogP contribution < -0.4 is 14.8 Å². The summed E-state index contributed by atoms with van der Waals surface area (Å²) in [5.74, 6) is 0.744. The highest BCUT2D eigenvalue weighted by Crippen LogP contribution is 2.39. The lowest BCUT2D eigenvalue weighted by Gasteiger charge is -2.23. The third-order valence-corrected chi connectivity index (χ3v) is 3.91. The first-order chi connectivity index (χ1) is 10.8. The van der Waals surface area contributed by atoms with E-state index in [-0.39, 0.29) is 6.42 Å². The highest BCUT2D eigenvalue weighted by Gasteiger charge is 2.28. The molecule has 1 N–H and O–H groups in total. The van der Waals surface area contributed by atoms with Crippen molar-refractivity contribution in [2.75, 3.05) is 20.3 Å². The zero-order chi connectivity index (χ0) is 17.0. The Kier molecular flexibility index (Phi) is 5.35. The van der Waals surface area contributed by atoms with Crippen molar-refractivity contribution in [1.82, 2.24) is 5.32 Å². The lowest BCUT2D eigenvalue weighted by Crippen LogP contribution is -2.45. The second kappa shape index (κ2) is 7.08. The van der Waals surface area contributed by atoms with Gasteiger partial charge in [0.25, 0.3) is 0 Å². The number of alkyl carbamates (subject to hydrolysis) is 1. The van der Waals surface area contributed by atoms with E-state index in [1.807, 2.05) is 5.38 Å². The molecule has 0 saturated carbocycles. The van der Waals surface area contributed by atoms with E-state index in [0.29, 0.717) is 24.7 Å². The first-order valence-electron chi connectivity index (χ1n) is 7.23. The number of fused-ring (bicyclic) bond motifs is 1. The molecular formula is C15H21NO6S. The SMILES string of the molecule is COC(=O)C(Cc1scc2c1OCCO2)NC(=O)OC(C)(C)C. The van der Waals surface area contributed by atoms with Crippen LogP contribution in [0.4, 0.5) is 4.79 Å². The fourth-order valence-corrected chi connectivity index (χ4v) is 2.98. The fraction of sp³-hybridized carbons (Fsp3) is 0.600. The van der Waals surface area contributed by atoms with Crippen LogP contribution in [0.15, 0.2) is 5.38 Å². The second-order valence-corrected chi connectivity index (χ2v) is 6.94. The lowest BCUT2D eigenvalue weighted by atomic mass is 10.1. The fourth-order valence-electron chi connectivity index (χ4n) is 2.03. The Labute approximate surface area is 138 Å². The molecule has 1 amide bonds. The van der Waals surface area contributed by atoms with Crippen molar-refractivity contribution in [3.8, 4) is 11.5 Å². The molecule has 1 unspecified atom stereocenters. The third kappa shape index (κ3) is 4.75. The van der Waals surface area contributed by atoms with Crippen LogP contribution in [-0.4, -0.2) is 44.0 Å². The number of rotatable bonds is 4. The summed E-state index contributed by atoms with van der Waals surface area (Å²) >= 11 is 1.41. The largest absolute Gasteiger partial charge is 0.485 e. The Balaban J connectivity index is 2.08. The van der Waals surface area contributed by atoms with Crippen LogP contribution in [0.1, 0.15) is 25.6 Å². The number of carbonyl (C=O) groups is 2. The van der Waals surface area contributed by atoms with Gasteiger partial charge in [-0.3, -0.25) is 0 Å². The first kappa shape index (κ1) is 17.4. The average molecular weight is 343 g/mol. The summed E-state index contributed by atoms with van der Waals surface area (Å²) in [5.41, 5.74) is -0.649. The van der Waals surface area contributed by atoms with Crippen LogP contribution in [0.2, 0.25) is 0 Å². The molecule has 1 aromatic heterocycles. The zero-order valence-corrected chi connectivity index (χ0v) is 14.5. The summed E-state index contributed by atoms with van der Waals surface area (Å²) in [6.07, 6.45) is -0.426. The van der Waals surface area contributed by atoms with Crippen LogP contribution in [0.25, 0.3) is 0 Å². The molecule has 0 aromatic carbocycles. The van der Waals surface area contributed by atoms with Gasteiger partial charge in [-0.1, -0.05) is 0 Å². The predicted octanol–water partition coefficient (Wildman–Crippen LogP) is 2.13. The van der Waals surface area contributed by atoms with Crippen molar-refractivity contribution in [2.45, 2.75) is 38.8 Å². The molecule has 1 aliphatic rings. The molecule has 1 aromatic rings. The van der Waals surface area contributed by atoms with Crippen LogP contribution >= 0.6 is 11.3 Å². The van der Waals surface area contributed by atoms with Crippen molar-refractivity contribution >= 4 is 23.4 Å². The van der Waals surface area contributed by atoms with Gasteiger partial charge in [0.2, 0.25) is 0 Å². The second-order valence-electron chi connectivity index (χ2n) is 5.98. The molecule has 128 valence electrons. The summed E-state index contributed by atoms with van der Waals surface area (Å²) in [6, 6.07) is -0.858. The van der Waals surface area contributed by atoms with E-state index in [9.17, 15) is 9.59 Å². The molecule has 2 heterocycles. The maximum atomic E-state index is 11.9. The number of nitrogens with one attached hydrogen (secondary N) is 1. The molecule has 7 nitrogen and oxygen atoms in total. The average Bonchev–Trinajstić information content (AvgIpc) is 2.87. The predicted molar refractivity (Wildman–Crippen MR) is 84.2 cm³/mol. The summed E-state index contributed by atoms with van der Waals surface area (Å²) in [7, 11) is 1.27. The van der Waals surface area contributed by atoms with Crippen molar-refractivity contribution < 1.29 is 28.5 Å². The van der Waals surface area contributed by atoms with Gasteiger partial charge in [-0.2, -0.15) is 0 Å². The van der Waals surface area contributed by atoms with Gasteiger partial charge in [0, 0.05) is 11.8 Å². The monoisotopic (exact) mass is 343 g/mol. The Bertz CT molecular complexity index is 577. The zero-order valence-electron chi connectivity index (χ0n) is 13.6. The molecule has 0 aliphatic carbocycles. The quantitative estimate of drug-likeness (QED) is 0.843. The number of amides is 1. The van der Waals surface area contributed by atoms with Crippen LogP contribution in [0.5, 0.6) is 11.5 Å². The normalized spacial score (nSPS) is 14.8. The minimum atomic E-state index is -0.858. The van der Waals surface area contributed by atoms with Crippen molar-refractivity contribution in [2.24, 2.45) is 0 Å². The minimum absolute atomic E-state index is 0.245. The Hall–Kier alpha value is -1.96. The van der Waals surface area contributed by atoms with E-state index in [4.69, 9.17) is 18.9 Å². The molecule has 2 rings (SSSR count). The topological polar surface area (TPSA) is 83.1 Å². The van der Waals surface area contributed by atoms with Crippen LogP contribution in [-0.2, 0) is 20.7 Å². The van der Waals surface area contributed by atoms with E-state index in [1.54, 1.807) is 20.8 Å². The number of esters is 1. The Morgan fingerprint density at radius 1 is 1.35 bits per heavy atom. The summed E-state index contributed by atoms with van der Waals surface area (Å²) < 4.78 is 21.0. The first-order valence-corrected chi connectivity index (χ1v) is 8.11. The van der Waals surface area contributed by atoms with E-state index in [2.05, 4.69) is 5.32 Å². The number of ether oxygens (including phenoxy) is 4. The highest BCUT2D eigenvalue weighted by atomic mass is 32.1. The van der Waals surface area contributed by atoms with E-state index < -0.39 is 23.7 Å². The molecule has 0 spiro atoms. The molecule has 1 aliphatic heterocycles. The molecule has 0 fully saturated rings. The number of thiophene rings is 1. The number of hydrogen-bond acceptors (Lipinski definition) is 7. The maximum absolute atomic E-state index is 11.9. The van der Waals surface area contributed by atoms with Gasteiger partial charge in [-0.05, 0) is 20.8 Å². The molecule has 8 heteroatoms. The van der Waals surface area contributed by atoms with Gasteiger partial charge in [0.05, 0.1) is 12.0 Å². The smallest absolute Gasteiger partial charge is 0.408 e. The number of methoxy groups -OCH3 is 1. The standard InChI is InChI=1S/C15H21NO6S/c1-15(2,3)22-14(18)16-9(13(17)19-4)7-11-12-10(8-23-11)20-5-6-21-12/h8-9H,5-7H2,1-4H3,(H,16,18). The molecule has 1 atom stereocenters. The summed E-state index contributed by atoms with van der Waals surface area (Å²) in [5, 5.41) is 4.37. The van der Waals surface area contributed by atoms with E-state index >= 15 is 0 Å². The van der Waals surface area contributed by atoms with Gasteiger partial charge >= 0.3 is 12.1 Å². The summed E-state index contributed by atoms with van der Waals surface area (Å²) in [6.45, 7) is 6.21. The maximum Gasteiger partial charge on any atom is 0.408 e. The highest BCUT2D eigenvalue weighted by molar-refractivity contribution is 7.10.